The Bertz CT molecular complexity index is 1110. The second kappa shape index (κ2) is 11.8. The van der Waals surface area contributed by atoms with Crippen molar-refractivity contribution in [2.75, 3.05) is 31.8 Å². The van der Waals surface area contributed by atoms with Crippen molar-refractivity contribution in [3.05, 3.63) is 49.6 Å². The molecular formula is C29H37BrN2O7. The standard InChI is InChI=1S/C29H37BrN2O7/c1-6-12-31(18-8-10-20(37-5)11-9-18)27(35)25-29-15-21(30)24(39-29)22(28(36)38-13-7-2)23(29)26(34)32(25)19(16-33)14-17(3)4/h6-11,17,19,21-25,33H,1-2,12-16H2,3-5H3/t19-,21?,22+,23+,24+,25?,29?/m1/s1. The highest BCUT2D eigenvalue weighted by molar-refractivity contribution is 9.09. The molecule has 1 spiro atoms. The molecule has 39 heavy (non-hydrogen) atoms. The first kappa shape index (κ1) is 29.3. The Hall–Kier alpha value is -2.69. The summed E-state index contributed by atoms with van der Waals surface area (Å²) in [5, 5.41) is 10.4. The van der Waals surface area contributed by atoms with Gasteiger partial charge in [-0.15, -0.1) is 6.58 Å². The van der Waals surface area contributed by atoms with Crippen LogP contribution in [-0.4, -0.2) is 83.3 Å². The van der Waals surface area contributed by atoms with Gasteiger partial charge < -0.3 is 29.1 Å². The number of fused-ring (bicyclic) bond motifs is 1. The van der Waals surface area contributed by atoms with E-state index in [4.69, 9.17) is 14.2 Å². The van der Waals surface area contributed by atoms with E-state index in [0.29, 0.717) is 24.3 Å². The van der Waals surface area contributed by atoms with Crippen LogP contribution < -0.4 is 9.64 Å². The number of carbonyl (C=O) groups is 3. The third-order valence-corrected chi connectivity index (χ3v) is 8.73. The molecule has 9 nitrogen and oxygen atoms in total. The van der Waals surface area contributed by atoms with Gasteiger partial charge in [0.05, 0.1) is 37.7 Å². The quantitative estimate of drug-likeness (QED) is 0.222. The first-order chi connectivity index (χ1) is 18.6. The molecule has 10 heteroatoms. The van der Waals surface area contributed by atoms with Crippen molar-refractivity contribution in [3.63, 3.8) is 0 Å². The van der Waals surface area contributed by atoms with Gasteiger partial charge in [-0.05, 0) is 43.0 Å². The molecule has 212 valence electrons. The molecule has 0 radical (unpaired) electrons. The monoisotopic (exact) mass is 604 g/mol. The SMILES string of the molecule is C=CCOC(=O)[C@H]1[C@H]2C(=O)N([C@@H](CO)CC(C)C)C(C(=O)N(CC=C)c3ccc(OC)cc3)C23CC(Br)[C@@H]1O3. The fraction of sp³-hybridized carbons (Fsp3) is 0.552. The van der Waals surface area contributed by atoms with E-state index in [2.05, 4.69) is 29.1 Å². The molecule has 3 heterocycles. The summed E-state index contributed by atoms with van der Waals surface area (Å²) in [6.07, 6.45) is 3.29. The summed E-state index contributed by atoms with van der Waals surface area (Å²) in [6.45, 7) is 11.3. The molecule has 3 unspecified atom stereocenters. The molecule has 0 aliphatic carbocycles. The third kappa shape index (κ3) is 5.02. The molecular weight excluding hydrogens is 568 g/mol. The van der Waals surface area contributed by atoms with Crippen LogP contribution in [0.15, 0.2) is 49.6 Å². The predicted octanol–water partition coefficient (Wildman–Crippen LogP) is 3.10. The van der Waals surface area contributed by atoms with E-state index in [-0.39, 0.29) is 42.3 Å². The van der Waals surface area contributed by atoms with Gasteiger partial charge >= 0.3 is 5.97 Å². The van der Waals surface area contributed by atoms with Crippen LogP contribution >= 0.6 is 15.9 Å². The van der Waals surface area contributed by atoms with Gasteiger partial charge in [0.1, 0.15) is 24.0 Å². The Balaban J connectivity index is 1.82. The molecule has 4 rings (SSSR count). The van der Waals surface area contributed by atoms with Gasteiger partial charge in [0.25, 0.3) is 5.91 Å². The van der Waals surface area contributed by atoms with Crippen molar-refractivity contribution in [3.8, 4) is 5.75 Å². The summed E-state index contributed by atoms with van der Waals surface area (Å²) in [4.78, 5) is 44.8. The smallest absolute Gasteiger partial charge is 0.312 e. The lowest BCUT2D eigenvalue weighted by molar-refractivity contribution is -0.154. The highest BCUT2D eigenvalue weighted by Gasteiger charge is 2.77. The van der Waals surface area contributed by atoms with Crippen LogP contribution in [0.3, 0.4) is 0 Å². The van der Waals surface area contributed by atoms with Gasteiger partial charge in [-0.1, -0.05) is 48.5 Å². The van der Waals surface area contributed by atoms with E-state index in [1.54, 1.807) is 42.4 Å². The maximum atomic E-state index is 14.6. The van der Waals surface area contributed by atoms with Gasteiger partial charge in [0, 0.05) is 17.1 Å². The summed E-state index contributed by atoms with van der Waals surface area (Å²) in [5.41, 5.74) is -0.663. The summed E-state index contributed by atoms with van der Waals surface area (Å²) in [5.74, 6) is -2.31. The minimum absolute atomic E-state index is 0.00614. The predicted molar refractivity (Wildman–Crippen MR) is 150 cm³/mol. The Labute approximate surface area is 237 Å². The van der Waals surface area contributed by atoms with E-state index in [1.807, 2.05) is 13.8 Å². The molecule has 0 aromatic heterocycles. The van der Waals surface area contributed by atoms with Crippen LogP contribution in [0.4, 0.5) is 5.69 Å². The molecule has 3 saturated heterocycles. The second-order valence-electron chi connectivity index (χ2n) is 10.7. The zero-order valence-corrected chi connectivity index (χ0v) is 24.2. The van der Waals surface area contributed by atoms with Crippen molar-refractivity contribution in [1.29, 1.82) is 0 Å². The first-order valence-electron chi connectivity index (χ1n) is 13.2. The number of esters is 1. The number of ether oxygens (including phenoxy) is 3. The molecule has 0 saturated carbocycles. The number of alkyl halides is 1. The van der Waals surface area contributed by atoms with Crippen LogP contribution in [0.25, 0.3) is 0 Å². The normalized spacial score (nSPS) is 29.7. The van der Waals surface area contributed by atoms with Gasteiger partial charge in [0.15, 0.2) is 0 Å². The second-order valence-corrected chi connectivity index (χ2v) is 11.9. The van der Waals surface area contributed by atoms with E-state index < -0.39 is 41.6 Å². The Kier molecular flexibility index (Phi) is 8.88. The number of hydrogen-bond acceptors (Lipinski definition) is 7. The van der Waals surface area contributed by atoms with Gasteiger partial charge in [-0.3, -0.25) is 14.4 Å². The molecule has 2 bridgehead atoms. The minimum Gasteiger partial charge on any atom is -0.497 e. The molecule has 3 aliphatic heterocycles. The topological polar surface area (TPSA) is 106 Å². The number of anilines is 1. The maximum Gasteiger partial charge on any atom is 0.312 e. The van der Waals surface area contributed by atoms with Crippen molar-refractivity contribution in [1.82, 2.24) is 4.90 Å². The van der Waals surface area contributed by atoms with Gasteiger partial charge in [0.2, 0.25) is 5.91 Å². The number of carbonyl (C=O) groups excluding carboxylic acids is 3. The summed E-state index contributed by atoms with van der Waals surface area (Å²) in [7, 11) is 1.56. The number of amides is 2. The van der Waals surface area contributed by atoms with Crippen LogP contribution in [-0.2, 0) is 23.9 Å². The number of halogens is 1. The first-order valence-corrected chi connectivity index (χ1v) is 14.1. The molecule has 1 N–H and O–H groups in total. The summed E-state index contributed by atoms with van der Waals surface area (Å²) < 4.78 is 17.2. The Morgan fingerprint density at radius 2 is 1.97 bits per heavy atom. The Morgan fingerprint density at radius 3 is 2.54 bits per heavy atom. The highest BCUT2D eigenvalue weighted by atomic mass is 79.9. The van der Waals surface area contributed by atoms with E-state index in [1.165, 1.54) is 11.0 Å². The van der Waals surface area contributed by atoms with Crippen molar-refractivity contribution in [2.45, 2.75) is 55.3 Å². The van der Waals surface area contributed by atoms with Gasteiger partial charge in [-0.2, -0.15) is 0 Å². The number of nitrogens with zero attached hydrogens (tertiary/aromatic N) is 2. The fourth-order valence-electron chi connectivity index (χ4n) is 6.43. The molecule has 1 aromatic rings. The lowest BCUT2D eigenvalue weighted by atomic mass is 9.70. The number of rotatable bonds is 12. The number of likely N-dealkylation sites (tertiary alicyclic amines) is 1. The molecule has 3 aliphatic rings. The Morgan fingerprint density at radius 1 is 1.28 bits per heavy atom. The number of benzene rings is 1. The van der Waals surface area contributed by atoms with Crippen molar-refractivity contribution >= 4 is 39.4 Å². The number of hydrogen-bond donors (Lipinski definition) is 1. The van der Waals surface area contributed by atoms with Crippen molar-refractivity contribution in [2.24, 2.45) is 17.8 Å². The summed E-state index contributed by atoms with van der Waals surface area (Å²) >= 11 is 3.66. The van der Waals surface area contributed by atoms with E-state index in [0.717, 1.165) is 0 Å². The van der Waals surface area contributed by atoms with Crippen molar-refractivity contribution < 1.29 is 33.7 Å². The van der Waals surface area contributed by atoms with E-state index >= 15 is 0 Å². The highest BCUT2D eigenvalue weighted by Crippen LogP contribution is 2.61. The average molecular weight is 606 g/mol. The minimum atomic E-state index is -1.26. The zero-order valence-electron chi connectivity index (χ0n) is 22.6. The molecule has 1 aromatic carbocycles. The maximum absolute atomic E-state index is 14.6. The van der Waals surface area contributed by atoms with Crippen LogP contribution in [0.1, 0.15) is 26.7 Å². The average Bonchev–Trinajstić information content (AvgIpc) is 3.52. The molecule has 3 fully saturated rings. The lowest BCUT2D eigenvalue weighted by Gasteiger charge is -2.39. The van der Waals surface area contributed by atoms with Crippen LogP contribution in [0.2, 0.25) is 0 Å². The van der Waals surface area contributed by atoms with E-state index in [9.17, 15) is 19.5 Å². The number of methoxy groups -OCH3 is 1. The van der Waals surface area contributed by atoms with Crippen LogP contribution in [0.5, 0.6) is 5.75 Å². The van der Waals surface area contributed by atoms with Crippen LogP contribution in [0, 0.1) is 17.8 Å². The zero-order chi connectivity index (χ0) is 28.5. The summed E-state index contributed by atoms with van der Waals surface area (Å²) in [6, 6.07) is 5.35. The molecule has 2 amide bonds. The molecule has 7 atom stereocenters. The third-order valence-electron chi connectivity index (χ3n) is 7.89. The number of aliphatic hydroxyl groups excluding tert-OH is 1. The lowest BCUT2D eigenvalue weighted by Crippen LogP contribution is -2.59. The van der Waals surface area contributed by atoms with Gasteiger partial charge in [-0.25, -0.2) is 0 Å². The fourth-order valence-corrected chi connectivity index (χ4v) is 7.37. The number of aliphatic hydroxyl groups is 1. The largest absolute Gasteiger partial charge is 0.497 e.